The van der Waals surface area contributed by atoms with E-state index < -0.39 is 35.1 Å². The Hall–Kier alpha value is -2.91. The van der Waals surface area contributed by atoms with Crippen LogP contribution in [0.5, 0.6) is 11.5 Å². The van der Waals surface area contributed by atoms with E-state index in [0.29, 0.717) is 6.07 Å². The van der Waals surface area contributed by atoms with Crippen molar-refractivity contribution in [3.8, 4) is 11.5 Å². The number of hydrogen-bond donors (Lipinski definition) is 1. The lowest BCUT2D eigenvalue weighted by molar-refractivity contribution is -0.138. The Bertz CT molecular complexity index is 685. The molecule has 1 N–H and O–H groups in total. The molecule has 0 spiro atoms. The van der Waals surface area contributed by atoms with Gasteiger partial charge in [0.25, 0.3) is 0 Å². The summed E-state index contributed by atoms with van der Waals surface area (Å²) in [5, 5.41) is 2.38. The van der Waals surface area contributed by atoms with Gasteiger partial charge in [-0.2, -0.15) is 13.2 Å². The number of alkyl halides is 3. The molecule has 0 aliphatic carbocycles. The molecule has 0 aromatic heterocycles. The van der Waals surface area contributed by atoms with Crippen molar-refractivity contribution in [3.05, 3.63) is 29.5 Å². The number of esters is 2. The van der Waals surface area contributed by atoms with Gasteiger partial charge in [-0.05, 0) is 6.07 Å². The fraction of sp³-hybridized carbons (Fsp3) is 0.333. The van der Waals surface area contributed by atoms with Crippen LogP contribution in [0.3, 0.4) is 0 Å². The third-order valence-corrected chi connectivity index (χ3v) is 2.97. The lowest BCUT2D eigenvalue weighted by Gasteiger charge is -2.18. The van der Waals surface area contributed by atoms with E-state index in [-0.39, 0.29) is 11.4 Å². The maximum absolute atomic E-state index is 13.1. The Kier molecular flexibility index (Phi) is 6.66. The second-order valence-corrected chi connectivity index (χ2v) is 4.45. The summed E-state index contributed by atoms with van der Waals surface area (Å²) in [6.07, 6.45) is -3.98. The van der Waals surface area contributed by atoms with Crippen LogP contribution < -0.4 is 14.8 Å². The maximum Gasteiger partial charge on any atom is 0.420 e. The number of carbonyl (C=O) groups excluding carboxylic acids is 2. The van der Waals surface area contributed by atoms with Gasteiger partial charge in [-0.3, -0.25) is 0 Å². The van der Waals surface area contributed by atoms with E-state index in [4.69, 9.17) is 9.47 Å². The first-order chi connectivity index (χ1) is 11.7. The van der Waals surface area contributed by atoms with Crippen molar-refractivity contribution in [3.63, 3.8) is 0 Å². The molecule has 138 valence electrons. The van der Waals surface area contributed by atoms with Crippen LogP contribution in [0.2, 0.25) is 0 Å². The van der Waals surface area contributed by atoms with E-state index in [0.717, 1.165) is 33.5 Å². The highest BCUT2D eigenvalue weighted by Gasteiger charge is 2.35. The van der Waals surface area contributed by atoms with Gasteiger partial charge in [-0.15, -0.1) is 0 Å². The first kappa shape index (κ1) is 20.1. The molecule has 1 rings (SSSR count). The fourth-order valence-electron chi connectivity index (χ4n) is 1.80. The Morgan fingerprint density at radius 1 is 1.00 bits per heavy atom. The zero-order valence-corrected chi connectivity index (χ0v) is 13.8. The molecule has 10 heteroatoms. The molecule has 1 aromatic carbocycles. The summed E-state index contributed by atoms with van der Waals surface area (Å²) in [6, 6.07) is 1.68. The topological polar surface area (TPSA) is 83.1 Å². The standard InChI is InChI=1S/C15H16F3NO6/c1-22-11-7-12(23-2)9(5-8(11)15(16,17)18)19-10(14(21)25-4)6-13(20)24-3/h5-7,19H,1-4H3/b10-6+. The number of methoxy groups -OCH3 is 4. The third kappa shape index (κ3) is 5.03. The fourth-order valence-corrected chi connectivity index (χ4v) is 1.80. The van der Waals surface area contributed by atoms with Crippen LogP contribution in [0.1, 0.15) is 5.56 Å². The summed E-state index contributed by atoms with van der Waals surface area (Å²) in [4.78, 5) is 23.1. The number of anilines is 1. The zero-order chi connectivity index (χ0) is 19.2. The molecule has 0 bridgehead atoms. The highest BCUT2D eigenvalue weighted by Crippen LogP contribution is 2.42. The van der Waals surface area contributed by atoms with Gasteiger partial charge >= 0.3 is 18.1 Å². The van der Waals surface area contributed by atoms with E-state index in [2.05, 4.69) is 14.8 Å². The number of halogens is 3. The van der Waals surface area contributed by atoms with Gasteiger partial charge in [0.05, 0.1) is 45.8 Å². The van der Waals surface area contributed by atoms with Crippen molar-refractivity contribution in [2.75, 3.05) is 33.8 Å². The third-order valence-electron chi connectivity index (χ3n) is 2.97. The average Bonchev–Trinajstić information content (AvgIpc) is 2.58. The van der Waals surface area contributed by atoms with E-state index in [1.165, 1.54) is 7.11 Å². The number of carbonyl (C=O) groups is 2. The van der Waals surface area contributed by atoms with Crippen LogP contribution in [-0.4, -0.2) is 40.4 Å². The van der Waals surface area contributed by atoms with Gasteiger partial charge in [-0.1, -0.05) is 0 Å². The minimum atomic E-state index is -4.72. The summed E-state index contributed by atoms with van der Waals surface area (Å²) < 4.78 is 58.0. The molecular formula is C15H16F3NO6. The van der Waals surface area contributed by atoms with Crippen LogP contribution >= 0.6 is 0 Å². The average molecular weight is 363 g/mol. The van der Waals surface area contributed by atoms with Crippen LogP contribution in [0.4, 0.5) is 18.9 Å². The Balaban J connectivity index is 3.45. The second kappa shape index (κ2) is 8.27. The van der Waals surface area contributed by atoms with E-state index in [9.17, 15) is 22.8 Å². The molecule has 0 unspecified atom stereocenters. The summed E-state index contributed by atoms with van der Waals surface area (Å²) in [7, 11) is 4.41. The normalized spacial score (nSPS) is 11.6. The largest absolute Gasteiger partial charge is 0.496 e. The van der Waals surface area contributed by atoms with Gasteiger partial charge < -0.3 is 24.3 Å². The van der Waals surface area contributed by atoms with Gasteiger partial charge in [0.15, 0.2) is 0 Å². The van der Waals surface area contributed by atoms with E-state index in [1.54, 1.807) is 0 Å². The Morgan fingerprint density at radius 2 is 1.60 bits per heavy atom. The van der Waals surface area contributed by atoms with Crippen LogP contribution in [0, 0.1) is 0 Å². The smallest absolute Gasteiger partial charge is 0.420 e. The summed E-state index contributed by atoms with van der Waals surface area (Å²) in [5.41, 5.74) is -1.76. The van der Waals surface area contributed by atoms with Gasteiger partial charge in [0, 0.05) is 6.07 Å². The predicted octanol–water partition coefficient (Wildman–Crippen LogP) is 2.36. The SMILES string of the molecule is COC(=O)/C=C(/Nc1cc(C(F)(F)F)c(OC)cc1OC)C(=O)OC. The monoisotopic (exact) mass is 363 g/mol. The highest BCUT2D eigenvalue weighted by atomic mass is 19.4. The molecule has 0 radical (unpaired) electrons. The molecule has 1 aromatic rings. The minimum Gasteiger partial charge on any atom is -0.496 e. The van der Waals surface area contributed by atoms with Crippen molar-refractivity contribution < 1.29 is 41.7 Å². The number of hydrogen-bond acceptors (Lipinski definition) is 7. The quantitative estimate of drug-likeness (QED) is 0.614. The molecule has 25 heavy (non-hydrogen) atoms. The molecule has 0 saturated carbocycles. The number of nitrogens with one attached hydrogen (secondary N) is 1. The summed E-state index contributed by atoms with van der Waals surface area (Å²) >= 11 is 0. The summed E-state index contributed by atoms with van der Waals surface area (Å²) in [6.45, 7) is 0. The lowest BCUT2D eigenvalue weighted by atomic mass is 10.1. The molecular weight excluding hydrogens is 347 g/mol. The minimum absolute atomic E-state index is 0.0514. The molecule has 0 fully saturated rings. The Morgan fingerprint density at radius 3 is 2.04 bits per heavy atom. The molecule has 0 heterocycles. The van der Waals surface area contributed by atoms with Crippen molar-refractivity contribution in [2.24, 2.45) is 0 Å². The molecule has 0 atom stereocenters. The first-order valence-corrected chi connectivity index (χ1v) is 6.66. The molecule has 0 amide bonds. The second-order valence-electron chi connectivity index (χ2n) is 4.45. The van der Waals surface area contributed by atoms with E-state index in [1.807, 2.05) is 0 Å². The zero-order valence-electron chi connectivity index (χ0n) is 13.8. The predicted molar refractivity (Wildman–Crippen MR) is 80.3 cm³/mol. The Labute approximate surface area is 141 Å². The van der Waals surface area contributed by atoms with Crippen LogP contribution in [0.25, 0.3) is 0 Å². The van der Waals surface area contributed by atoms with Crippen molar-refractivity contribution in [1.82, 2.24) is 0 Å². The molecule has 0 saturated heterocycles. The van der Waals surface area contributed by atoms with Crippen molar-refractivity contribution in [2.45, 2.75) is 6.18 Å². The van der Waals surface area contributed by atoms with Crippen molar-refractivity contribution >= 4 is 17.6 Å². The van der Waals surface area contributed by atoms with Crippen LogP contribution in [-0.2, 0) is 25.2 Å². The highest BCUT2D eigenvalue weighted by molar-refractivity contribution is 5.99. The number of rotatable bonds is 6. The van der Waals surface area contributed by atoms with Crippen molar-refractivity contribution in [1.29, 1.82) is 0 Å². The first-order valence-electron chi connectivity index (χ1n) is 6.66. The molecule has 0 aliphatic rings. The lowest BCUT2D eigenvalue weighted by Crippen LogP contribution is -2.17. The van der Waals surface area contributed by atoms with Gasteiger partial charge in [0.1, 0.15) is 17.2 Å². The van der Waals surface area contributed by atoms with Crippen LogP contribution in [0.15, 0.2) is 23.9 Å². The number of benzene rings is 1. The molecule has 0 aliphatic heterocycles. The number of ether oxygens (including phenoxy) is 4. The van der Waals surface area contributed by atoms with Gasteiger partial charge in [-0.25, -0.2) is 9.59 Å². The van der Waals surface area contributed by atoms with E-state index >= 15 is 0 Å². The van der Waals surface area contributed by atoms with Gasteiger partial charge in [0.2, 0.25) is 0 Å². The molecule has 7 nitrogen and oxygen atoms in total. The summed E-state index contributed by atoms with van der Waals surface area (Å²) in [5.74, 6) is -2.41. The maximum atomic E-state index is 13.1.